The summed E-state index contributed by atoms with van der Waals surface area (Å²) in [4.78, 5) is 16.9. The fraction of sp³-hybridized carbons (Fsp3) is 0.556. The molecule has 2 bridgehead atoms. The standard InChI is InChI=1S/C18H22N2O/c1-12(10-14-4-2-3-9-19-14)20-17(21)15-11-13-5-6-16(15)18(13)7-8-18/h2-6,9,12-13,15-16H,7-8,10-11H2,1H3,(H,20,21)/t12-,13-,15-,16-/m1/s1. The molecule has 3 aliphatic carbocycles. The van der Waals surface area contributed by atoms with Gasteiger partial charge in [0.25, 0.3) is 0 Å². The summed E-state index contributed by atoms with van der Waals surface area (Å²) in [7, 11) is 0. The first-order valence-corrected chi connectivity index (χ1v) is 8.08. The van der Waals surface area contributed by atoms with Gasteiger partial charge in [0.05, 0.1) is 0 Å². The van der Waals surface area contributed by atoms with Crippen molar-refractivity contribution in [1.82, 2.24) is 10.3 Å². The van der Waals surface area contributed by atoms with Crippen molar-refractivity contribution >= 4 is 5.91 Å². The molecule has 0 unspecified atom stereocenters. The first-order chi connectivity index (χ1) is 10.2. The first-order valence-electron chi connectivity index (χ1n) is 8.08. The van der Waals surface area contributed by atoms with Gasteiger partial charge in [0.1, 0.15) is 0 Å². The van der Waals surface area contributed by atoms with E-state index >= 15 is 0 Å². The Bertz CT molecular complexity index is 576. The number of carbonyl (C=O) groups excluding carboxylic acids is 1. The minimum Gasteiger partial charge on any atom is -0.353 e. The predicted octanol–water partition coefficient (Wildman–Crippen LogP) is 2.73. The highest BCUT2D eigenvalue weighted by Gasteiger charge is 2.64. The molecule has 110 valence electrons. The van der Waals surface area contributed by atoms with E-state index in [9.17, 15) is 4.79 Å². The van der Waals surface area contributed by atoms with E-state index in [0.29, 0.717) is 17.3 Å². The van der Waals surface area contributed by atoms with Crippen LogP contribution >= 0.6 is 0 Å². The molecule has 3 heteroatoms. The first kappa shape index (κ1) is 13.1. The minimum absolute atomic E-state index is 0.144. The Labute approximate surface area is 125 Å². The summed E-state index contributed by atoms with van der Waals surface area (Å²) in [6.07, 6.45) is 11.0. The molecular formula is C18H22N2O. The second-order valence-corrected chi connectivity index (χ2v) is 7.03. The van der Waals surface area contributed by atoms with Gasteiger partial charge in [-0.1, -0.05) is 18.2 Å². The number of carbonyl (C=O) groups is 1. The fourth-order valence-corrected chi connectivity index (χ4v) is 4.50. The summed E-state index contributed by atoms with van der Waals surface area (Å²) in [5.41, 5.74) is 1.53. The van der Waals surface area contributed by atoms with Crippen molar-refractivity contribution in [3.63, 3.8) is 0 Å². The highest BCUT2D eigenvalue weighted by molar-refractivity contribution is 5.80. The molecule has 1 spiro atoms. The van der Waals surface area contributed by atoms with Crippen molar-refractivity contribution in [1.29, 1.82) is 0 Å². The van der Waals surface area contributed by atoms with E-state index in [-0.39, 0.29) is 17.9 Å². The van der Waals surface area contributed by atoms with Crippen LogP contribution in [0, 0.1) is 23.2 Å². The van der Waals surface area contributed by atoms with Gasteiger partial charge in [0.2, 0.25) is 5.91 Å². The van der Waals surface area contributed by atoms with E-state index in [1.54, 1.807) is 6.20 Å². The van der Waals surface area contributed by atoms with Gasteiger partial charge in [0, 0.05) is 30.3 Å². The summed E-state index contributed by atoms with van der Waals surface area (Å²) in [6, 6.07) is 6.07. The van der Waals surface area contributed by atoms with Crippen molar-refractivity contribution in [3.8, 4) is 0 Å². The van der Waals surface area contributed by atoms with E-state index in [0.717, 1.165) is 18.5 Å². The Hall–Kier alpha value is -1.64. The van der Waals surface area contributed by atoms with Crippen LogP contribution in [-0.4, -0.2) is 16.9 Å². The van der Waals surface area contributed by atoms with Crippen LogP contribution in [-0.2, 0) is 11.2 Å². The van der Waals surface area contributed by atoms with Crippen LogP contribution in [0.4, 0.5) is 0 Å². The van der Waals surface area contributed by atoms with Gasteiger partial charge < -0.3 is 5.32 Å². The number of nitrogens with one attached hydrogen (secondary N) is 1. The molecule has 4 rings (SSSR count). The van der Waals surface area contributed by atoms with Crippen LogP contribution < -0.4 is 5.32 Å². The average Bonchev–Trinajstić information content (AvgIpc) is 3.14. The van der Waals surface area contributed by atoms with E-state index < -0.39 is 0 Å². The molecule has 1 aromatic rings. The molecule has 1 heterocycles. The van der Waals surface area contributed by atoms with E-state index in [1.165, 1.54) is 12.8 Å². The molecule has 3 aliphatic rings. The third-order valence-electron chi connectivity index (χ3n) is 5.69. The molecule has 1 N–H and O–H groups in total. The van der Waals surface area contributed by atoms with Crippen LogP contribution in [0.5, 0.6) is 0 Å². The largest absolute Gasteiger partial charge is 0.353 e. The Morgan fingerprint density at radius 1 is 1.43 bits per heavy atom. The van der Waals surface area contributed by atoms with E-state index in [2.05, 4.69) is 29.4 Å². The molecule has 4 atom stereocenters. The topological polar surface area (TPSA) is 42.0 Å². The zero-order chi connectivity index (χ0) is 14.4. The lowest BCUT2D eigenvalue weighted by molar-refractivity contribution is -0.126. The molecular weight excluding hydrogens is 260 g/mol. The third kappa shape index (κ3) is 2.10. The lowest BCUT2D eigenvalue weighted by Crippen LogP contribution is -2.40. The van der Waals surface area contributed by atoms with Crippen molar-refractivity contribution in [2.45, 2.75) is 38.6 Å². The van der Waals surface area contributed by atoms with Gasteiger partial charge in [-0.3, -0.25) is 9.78 Å². The van der Waals surface area contributed by atoms with Crippen molar-refractivity contribution in [3.05, 3.63) is 42.2 Å². The van der Waals surface area contributed by atoms with Gasteiger partial charge in [-0.2, -0.15) is 0 Å². The molecule has 0 radical (unpaired) electrons. The van der Waals surface area contributed by atoms with Gasteiger partial charge in [0.15, 0.2) is 0 Å². The van der Waals surface area contributed by atoms with Crippen molar-refractivity contribution in [2.24, 2.45) is 23.2 Å². The quantitative estimate of drug-likeness (QED) is 0.863. The normalized spacial score (nSPS) is 32.3. The molecule has 3 nitrogen and oxygen atoms in total. The van der Waals surface area contributed by atoms with Gasteiger partial charge in [-0.05, 0) is 55.6 Å². The third-order valence-corrected chi connectivity index (χ3v) is 5.69. The molecule has 1 amide bonds. The van der Waals surface area contributed by atoms with Crippen LogP contribution in [0.2, 0.25) is 0 Å². The number of hydrogen-bond donors (Lipinski definition) is 1. The summed E-state index contributed by atoms with van der Waals surface area (Å²) >= 11 is 0. The molecule has 1 aromatic heterocycles. The number of aromatic nitrogens is 1. The van der Waals surface area contributed by atoms with Crippen molar-refractivity contribution < 1.29 is 4.79 Å². The Morgan fingerprint density at radius 2 is 2.29 bits per heavy atom. The van der Waals surface area contributed by atoms with Crippen LogP contribution in [0.25, 0.3) is 0 Å². The zero-order valence-corrected chi connectivity index (χ0v) is 12.5. The number of hydrogen-bond acceptors (Lipinski definition) is 2. The van der Waals surface area contributed by atoms with Crippen LogP contribution in [0.1, 0.15) is 31.9 Å². The number of amides is 1. The van der Waals surface area contributed by atoms with E-state index in [4.69, 9.17) is 0 Å². The summed E-state index contributed by atoms with van der Waals surface area (Å²) in [5, 5.41) is 3.21. The molecule has 21 heavy (non-hydrogen) atoms. The fourth-order valence-electron chi connectivity index (χ4n) is 4.50. The second-order valence-electron chi connectivity index (χ2n) is 7.03. The Morgan fingerprint density at radius 3 is 2.95 bits per heavy atom. The summed E-state index contributed by atoms with van der Waals surface area (Å²) in [5.74, 6) is 1.63. The maximum Gasteiger partial charge on any atom is 0.223 e. The zero-order valence-electron chi connectivity index (χ0n) is 12.5. The van der Waals surface area contributed by atoms with Gasteiger partial charge in [-0.15, -0.1) is 0 Å². The number of allylic oxidation sites excluding steroid dienone is 2. The summed E-state index contributed by atoms with van der Waals surface area (Å²) in [6.45, 7) is 2.07. The van der Waals surface area contributed by atoms with E-state index in [1.807, 2.05) is 18.2 Å². The van der Waals surface area contributed by atoms with Gasteiger partial charge >= 0.3 is 0 Å². The highest BCUT2D eigenvalue weighted by atomic mass is 16.2. The number of rotatable bonds is 4. The number of nitrogens with zero attached hydrogens (tertiary/aromatic N) is 1. The monoisotopic (exact) mass is 282 g/mol. The highest BCUT2D eigenvalue weighted by Crippen LogP contribution is 2.70. The number of pyridine rings is 1. The maximum absolute atomic E-state index is 12.6. The molecule has 0 aromatic carbocycles. The lowest BCUT2D eigenvalue weighted by Gasteiger charge is -2.22. The van der Waals surface area contributed by atoms with Crippen LogP contribution in [0.15, 0.2) is 36.5 Å². The Balaban J connectivity index is 1.37. The molecule has 0 saturated heterocycles. The smallest absolute Gasteiger partial charge is 0.223 e. The Kier molecular flexibility index (Phi) is 2.91. The van der Waals surface area contributed by atoms with Crippen LogP contribution in [0.3, 0.4) is 0 Å². The SMILES string of the molecule is C[C@H](Cc1ccccn1)NC(=O)[C@@H]1C[C@H]2C=C[C@H]1C21CC1. The minimum atomic E-state index is 0.144. The second kappa shape index (κ2) is 4.69. The molecule has 0 aliphatic heterocycles. The average molecular weight is 282 g/mol. The predicted molar refractivity (Wildman–Crippen MR) is 81.4 cm³/mol. The maximum atomic E-state index is 12.6. The van der Waals surface area contributed by atoms with Gasteiger partial charge in [-0.25, -0.2) is 0 Å². The molecule has 2 fully saturated rings. The lowest BCUT2D eigenvalue weighted by atomic mass is 9.88. The molecule has 2 saturated carbocycles. The van der Waals surface area contributed by atoms with Crippen molar-refractivity contribution in [2.75, 3.05) is 0 Å². The summed E-state index contributed by atoms with van der Waals surface area (Å²) < 4.78 is 0.